The summed E-state index contributed by atoms with van der Waals surface area (Å²) in [5.41, 5.74) is 4.08. The number of rotatable bonds is 8. The highest BCUT2D eigenvalue weighted by Gasteiger charge is 2.03. The van der Waals surface area contributed by atoms with Crippen molar-refractivity contribution < 1.29 is 9.59 Å². The first-order chi connectivity index (χ1) is 14.7. The predicted molar refractivity (Wildman–Crippen MR) is 117 cm³/mol. The number of benzene rings is 3. The standard InChI is InChI=1S/C24H26N4O2/c29-23(25-15-19-7-3-1-4-8-19)27-17-21-11-13-22(14-12-21)18-28-24(30)26-16-20-9-5-2-6-10-20/h1-14H,15-18H2,(H2,25,27,29)(H2,26,28,30). The summed E-state index contributed by atoms with van der Waals surface area (Å²) in [7, 11) is 0. The fourth-order valence-corrected chi connectivity index (χ4v) is 2.82. The van der Waals surface area contributed by atoms with E-state index in [-0.39, 0.29) is 12.1 Å². The van der Waals surface area contributed by atoms with E-state index in [1.54, 1.807) is 0 Å². The van der Waals surface area contributed by atoms with Gasteiger partial charge in [0.05, 0.1) is 0 Å². The van der Waals surface area contributed by atoms with Gasteiger partial charge in [0, 0.05) is 26.2 Å². The smallest absolute Gasteiger partial charge is 0.315 e. The van der Waals surface area contributed by atoms with E-state index >= 15 is 0 Å². The van der Waals surface area contributed by atoms with Gasteiger partial charge in [0.15, 0.2) is 0 Å². The first kappa shape index (κ1) is 20.9. The molecule has 3 rings (SSSR count). The molecule has 0 aliphatic heterocycles. The summed E-state index contributed by atoms with van der Waals surface area (Å²) in [4.78, 5) is 23.8. The summed E-state index contributed by atoms with van der Waals surface area (Å²) in [5, 5.41) is 11.3. The highest BCUT2D eigenvalue weighted by molar-refractivity contribution is 5.74. The zero-order valence-corrected chi connectivity index (χ0v) is 16.7. The molecule has 0 radical (unpaired) electrons. The van der Waals surface area contributed by atoms with Gasteiger partial charge < -0.3 is 21.3 Å². The fraction of sp³-hybridized carbons (Fsp3) is 0.167. The number of hydrogen-bond acceptors (Lipinski definition) is 2. The van der Waals surface area contributed by atoms with Crippen LogP contribution in [0.3, 0.4) is 0 Å². The Bertz CT molecular complexity index is 850. The molecule has 3 aromatic carbocycles. The van der Waals surface area contributed by atoms with Gasteiger partial charge in [0.1, 0.15) is 0 Å². The SMILES string of the molecule is O=C(NCc1ccccc1)NCc1ccc(CNC(=O)NCc2ccccc2)cc1. The lowest BCUT2D eigenvalue weighted by Crippen LogP contribution is -2.34. The molecular weight excluding hydrogens is 376 g/mol. The zero-order chi connectivity index (χ0) is 21.0. The molecule has 0 atom stereocenters. The first-order valence-electron chi connectivity index (χ1n) is 9.88. The summed E-state index contributed by atoms with van der Waals surface area (Å²) in [6, 6.07) is 26.9. The highest BCUT2D eigenvalue weighted by Crippen LogP contribution is 2.04. The second-order valence-corrected chi connectivity index (χ2v) is 6.86. The molecule has 6 heteroatoms. The van der Waals surface area contributed by atoms with Gasteiger partial charge in [-0.15, -0.1) is 0 Å². The average Bonchev–Trinajstić information content (AvgIpc) is 2.80. The van der Waals surface area contributed by atoms with Crippen LogP contribution in [0, 0.1) is 0 Å². The Morgan fingerprint density at radius 1 is 0.433 bits per heavy atom. The van der Waals surface area contributed by atoms with Crippen LogP contribution >= 0.6 is 0 Å². The molecule has 0 saturated heterocycles. The second kappa shape index (κ2) is 11.3. The second-order valence-electron chi connectivity index (χ2n) is 6.86. The van der Waals surface area contributed by atoms with Crippen molar-refractivity contribution in [2.75, 3.05) is 0 Å². The molecule has 0 fully saturated rings. The van der Waals surface area contributed by atoms with Crippen LogP contribution in [0.15, 0.2) is 84.9 Å². The molecule has 6 nitrogen and oxygen atoms in total. The van der Waals surface area contributed by atoms with Crippen LogP contribution < -0.4 is 21.3 Å². The molecule has 0 saturated carbocycles. The summed E-state index contributed by atoms with van der Waals surface area (Å²) in [6.07, 6.45) is 0. The summed E-state index contributed by atoms with van der Waals surface area (Å²) < 4.78 is 0. The van der Waals surface area contributed by atoms with Gasteiger partial charge in [0.25, 0.3) is 0 Å². The molecule has 0 spiro atoms. The summed E-state index contributed by atoms with van der Waals surface area (Å²) >= 11 is 0. The maximum Gasteiger partial charge on any atom is 0.315 e. The predicted octanol–water partition coefficient (Wildman–Crippen LogP) is 3.69. The van der Waals surface area contributed by atoms with E-state index in [1.165, 1.54) is 0 Å². The van der Waals surface area contributed by atoms with Crippen molar-refractivity contribution in [3.63, 3.8) is 0 Å². The van der Waals surface area contributed by atoms with Gasteiger partial charge >= 0.3 is 12.1 Å². The molecule has 4 amide bonds. The third-order valence-corrected chi connectivity index (χ3v) is 4.52. The molecule has 0 aliphatic rings. The van der Waals surface area contributed by atoms with Gasteiger partial charge in [-0.25, -0.2) is 9.59 Å². The number of hydrogen-bond donors (Lipinski definition) is 4. The average molecular weight is 402 g/mol. The van der Waals surface area contributed by atoms with E-state index < -0.39 is 0 Å². The minimum atomic E-state index is -0.209. The van der Waals surface area contributed by atoms with Gasteiger partial charge in [0.2, 0.25) is 0 Å². The molecule has 154 valence electrons. The Labute approximate surface area is 176 Å². The van der Waals surface area contributed by atoms with Crippen molar-refractivity contribution in [2.24, 2.45) is 0 Å². The number of carbonyl (C=O) groups is 2. The quantitative estimate of drug-likeness (QED) is 0.464. The maximum atomic E-state index is 11.9. The van der Waals surface area contributed by atoms with Crippen molar-refractivity contribution in [2.45, 2.75) is 26.2 Å². The summed E-state index contributed by atoms with van der Waals surface area (Å²) in [5.74, 6) is 0. The van der Waals surface area contributed by atoms with E-state index in [4.69, 9.17) is 0 Å². The van der Waals surface area contributed by atoms with Crippen LogP contribution in [0.25, 0.3) is 0 Å². The number of amides is 4. The van der Waals surface area contributed by atoms with E-state index in [2.05, 4.69) is 21.3 Å². The Kier molecular flexibility index (Phi) is 7.85. The first-order valence-corrected chi connectivity index (χ1v) is 9.88. The van der Waals surface area contributed by atoms with Gasteiger partial charge in [-0.05, 0) is 22.3 Å². The van der Waals surface area contributed by atoms with Crippen molar-refractivity contribution >= 4 is 12.1 Å². The molecular formula is C24H26N4O2. The van der Waals surface area contributed by atoms with E-state index in [1.807, 2.05) is 84.9 Å². The Morgan fingerprint density at radius 3 is 1.00 bits per heavy atom. The molecule has 0 unspecified atom stereocenters. The van der Waals surface area contributed by atoms with Crippen molar-refractivity contribution in [1.82, 2.24) is 21.3 Å². The fourth-order valence-electron chi connectivity index (χ4n) is 2.82. The van der Waals surface area contributed by atoms with Crippen molar-refractivity contribution in [3.8, 4) is 0 Å². The molecule has 0 bridgehead atoms. The van der Waals surface area contributed by atoms with Crippen LogP contribution in [-0.4, -0.2) is 12.1 Å². The van der Waals surface area contributed by atoms with Crippen molar-refractivity contribution in [3.05, 3.63) is 107 Å². The number of urea groups is 2. The molecule has 0 heterocycles. The largest absolute Gasteiger partial charge is 0.334 e. The van der Waals surface area contributed by atoms with E-state index in [9.17, 15) is 9.59 Å². The van der Waals surface area contributed by atoms with E-state index in [0.29, 0.717) is 26.2 Å². The minimum Gasteiger partial charge on any atom is -0.334 e. The topological polar surface area (TPSA) is 82.3 Å². The van der Waals surface area contributed by atoms with Crippen LogP contribution in [0.4, 0.5) is 9.59 Å². The zero-order valence-electron chi connectivity index (χ0n) is 16.7. The van der Waals surface area contributed by atoms with Gasteiger partial charge in [-0.2, -0.15) is 0 Å². The maximum absolute atomic E-state index is 11.9. The van der Waals surface area contributed by atoms with Crippen LogP contribution in [0.2, 0.25) is 0 Å². The highest BCUT2D eigenvalue weighted by atomic mass is 16.2. The monoisotopic (exact) mass is 402 g/mol. The molecule has 4 N–H and O–H groups in total. The lowest BCUT2D eigenvalue weighted by atomic mass is 10.1. The van der Waals surface area contributed by atoms with Crippen LogP contribution in [0.1, 0.15) is 22.3 Å². The molecule has 0 aromatic heterocycles. The third-order valence-electron chi connectivity index (χ3n) is 4.52. The number of nitrogens with one attached hydrogen (secondary N) is 4. The van der Waals surface area contributed by atoms with Crippen molar-refractivity contribution in [1.29, 1.82) is 0 Å². The lowest BCUT2D eigenvalue weighted by Gasteiger charge is -2.10. The van der Waals surface area contributed by atoms with Gasteiger partial charge in [-0.1, -0.05) is 84.9 Å². The minimum absolute atomic E-state index is 0.209. The van der Waals surface area contributed by atoms with E-state index in [0.717, 1.165) is 22.3 Å². The Hall–Kier alpha value is -3.80. The molecule has 3 aromatic rings. The number of carbonyl (C=O) groups excluding carboxylic acids is 2. The van der Waals surface area contributed by atoms with Crippen LogP contribution in [-0.2, 0) is 26.2 Å². The molecule has 0 aliphatic carbocycles. The van der Waals surface area contributed by atoms with Gasteiger partial charge in [-0.3, -0.25) is 0 Å². The molecule has 30 heavy (non-hydrogen) atoms. The normalized spacial score (nSPS) is 10.1. The summed E-state index contributed by atoms with van der Waals surface area (Å²) in [6.45, 7) is 1.85. The Balaban J connectivity index is 1.34. The lowest BCUT2D eigenvalue weighted by molar-refractivity contribution is 0.239. The third kappa shape index (κ3) is 7.31. The van der Waals surface area contributed by atoms with Crippen LogP contribution in [0.5, 0.6) is 0 Å². The Morgan fingerprint density at radius 2 is 0.700 bits per heavy atom.